The number of rotatable bonds is 3. The Morgan fingerprint density at radius 3 is 2.89 bits per heavy atom. The van der Waals surface area contributed by atoms with Gasteiger partial charge in [0.15, 0.2) is 5.65 Å². The van der Waals surface area contributed by atoms with E-state index >= 15 is 0 Å². The van der Waals surface area contributed by atoms with E-state index in [4.69, 9.17) is 5.73 Å². The molecule has 0 fully saturated rings. The summed E-state index contributed by atoms with van der Waals surface area (Å²) in [6.45, 7) is 7.00. The topological polar surface area (TPSA) is 61.7 Å². The Kier molecular flexibility index (Phi) is 2.82. The van der Waals surface area contributed by atoms with E-state index in [0.717, 1.165) is 23.4 Å². The lowest BCUT2D eigenvalue weighted by Gasteiger charge is -2.15. The summed E-state index contributed by atoms with van der Waals surface area (Å²) in [7, 11) is 0. The monoisotopic (exact) mass is 275 g/mol. The van der Waals surface area contributed by atoms with Crippen molar-refractivity contribution >= 4 is 28.4 Å². The van der Waals surface area contributed by atoms with E-state index in [1.807, 2.05) is 11.6 Å². The molecule has 3 aromatic rings. The molecule has 0 amide bonds. The van der Waals surface area contributed by atoms with Crippen LogP contribution in [0.1, 0.15) is 31.1 Å². The second-order valence-electron chi connectivity index (χ2n) is 4.65. The fraction of sp³-hybridized carbons (Fsp3) is 0.385. The minimum Gasteiger partial charge on any atom is -0.369 e. The molecule has 0 aliphatic rings. The molecular weight excluding hydrogens is 258 g/mol. The van der Waals surface area contributed by atoms with Gasteiger partial charge in [0.05, 0.1) is 11.7 Å². The molecule has 3 rings (SSSR count). The van der Waals surface area contributed by atoms with Crippen LogP contribution in [0.2, 0.25) is 0 Å². The average Bonchev–Trinajstić information content (AvgIpc) is 3.06. The third kappa shape index (κ3) is 1.74. The number of hydrogen-bond acceptors (Lipinski definition) is 4. The van der Waals surface area contributed by atoms with Crippen molar-refractivity contribution in [3.8, 4) is 0 Å². The molecule has 3 heterocycles. The second-order valence-corrected chi connectivity index (χ2v) is 5.43. The van der Waals surface area contributed by atoms with Gasteiger partial charge in [-0.25, -0.2) is 9.67 Å². The number of hydrogen-bond donors (Lipinski definition) is 1. The van der Waals surface area contributed by atoms with E-state index in [9.17, 15) is 0 Å². The number of nitrogen functional groups attached to an aromatic ring is 1. The molecule has 2 N–H and O–H groups in total. The summed E-state index contributed by atoms with van der Waals surface area (Å²) in [4.78, 5) is 4.47. The smallest absolute Gasteiger partial charge is 0.203 e. The molecule has 5 nitrogen and oxygen atoms in total. The molecule has 0 aliphatic carbocycles. The molecule has 1 atom stereocenters. The molecule has 3 aromatic heterocycles. The summed E-state index contributed by atoms with van der Waals surface area (Å²) < 4.78 is 4.04. The molecule has 0 spiro atoms. The zero-order chi connectivity index (χ0) is 13.6. The molecular formula is C13H17N5S. The maximum atomic E-state index is 6.11. The first-order chi connectivity index (χ1) is 9.13. The minimum atomic E-state index is 0.164. The van der Waals surface area contributed by atoms with Crippen molar-refractivity contribution in [1.29, 1.82) is 0 Å². The van der Waals surface area contributed by atoms with Gasteiger partial charge in [0.1, 0.15) is 5.52 Å². The highest BCUT2D eigenvalue weighted by Gasteiger charge is 2.21. The summed E-state index contributed by atoms with van der Waals surface area (Å²) in [6.07, 6.45) is 0. The van der Waals surface area contributed by atoms with Crippen LogP contribution in [0.15, 0.2) is 16.8 Å². The maximum absolute atomic E-state index is 6.11. The maximum Gasteiger partial charge on any atom is 0.203 e. The first-order valence-electron chi connectivity index (χ1n) is 6.36. The Labute approximate surface area is 115 Å². The highest BCUT2D eigenvalue weighted by atomic mass is 32.1. The molecule has 0 saturated heterocycles. The van der Waals surface area contributed by atoms with Crippen LogP contribution in [-0.2, 0) is 6.54 Å². The first-order valence-corrected chi connectivity index (χ1v) is 7.30. The molecule has 19 heavy (non-hydrogen) atoms. The highest BCUT2D eigenvalue weighted by molar-refractivity contribution is 7.07. The molecule has 100 valence electrons. The van der Waals surface area contributed by atoms with E-state index in [0.29, 0.717) is 5.95 Å². The highest BCUT2D eigenvalue weighted by Crippen LogP contribution is 2.29. The quantitative estimate of drug-likeness (QED) is 0.799. The summed E-state index contributed by atoms with van der Waals surface area (Å²) in [6, 6.07) is 2.29. The van der Waals surface area contributed by atoms with Gasteiger partial charge in [-0.3, -0.25) is 4.57 Å². The van der Waals surface area contributed by atoms with Gasteiger partial charge in [0.25, 0.3) is 0 Å². The van der Waals surface area contributed by atoms with Crippen molar-refractivity contribution in [2.75, 3.05) is 5.73 Å². The van der Waals surface area contributed by atoms with Crippen molar-refractivity contribution in [2.24, 2.45) is 0 Å². The molecule has 6 heteroatoms. The number of thiophene rings is 1. The number of aryl methyl sites for hydroxylation is 2. The molecule has 0 saturated carbocycles. The van der Waals surface area contributed by atoms with Gasteiger partial charge in [-0.1, -0.05) is 0 Å². The van der Waals surface area contributed by atoms with E-state index in [1.54, 1.807) is 11.3 Å². The third-order valence-electron chi connectivity index (χ3n) is 3.48. The van der Waals surface area contributed by atoms with Crippen LogP contribution in [0.5, 0.6) is 0 Å². The third-order valence-corrected chi connectivity index (χ3v) is 4.18. The fourth-order valence-electron chi connectivity index (χ4n) is 2.47. The SMILES string of the molecule is CCn1nc(C)c2nc(N)n(C(C)c3ccsc3)c21. The predicted octanol–water partition coefficient (Wildman–Crippen LogP) is 2.81. The second kappa shape index (κ2) is 4.38. The number of nitrogens with two attached hydrogens (primary N) is 1. The fourth-order valence-corrected chi connectivity index (χ4v) is 3.22. The Bertz CT molecular complexity index is 707. The zero-order valence-electron chi connectivity index (χ0n) is 11.3. The number of imidazole rings is 1. The van der Waals surface area contributed by atoms with Crippen molar-refractivity contribution in [3.63, 3.8) is 0 Å². The lowest BCUT2D eigenvalue weighted by molar-refractivity contribution is 0.608. The molecule has 0 bridgehead atoms. The summed E-state index contributed by atoms with van der Waals surface area (Å²) in [5, 5.41) is 8.74. The van der Waals surface area contributed by atoms with Gasteiger partial charge in [-0.2, -0.15) is 16.4 Å². The van der Waals surface area contributed by atoms with E-state index < -0.39 is 0 Å². The largest absolute Gasteiger partial charge is 0.369 e. The normalized spacial score (nSPS) is 13.2. The van der Waals surface area contributed by atoms with Crippen LogP contribution in [-0.4, -0.2) is 19.3 Å². The van der Waals surface area contributed by atoms with E-state index in [1.165, 1.54) is 5.56 Å². The Balaban J connectivity index is 2.25. The first kappa shape index (κ1) is 12.2. The van der Waals surface area contributed by atoms with Crippen molar-refractivity contribution < 1.29 is 0 Å². The van der Waals surface area contributed by atoms with Crippen LogP contribution >= 0.6 is 11.3 Å². The van der Waals surface area contributed by atoms with Crippen LogP contribution in [0.4, 0.5) is 5.95 Å². The Morgan fingerprint density at radius 1 is 1.47 bits per heavy atom. The molecule has 0 radical (unpaired) electrons. The average molecular weight is 275 g/mol. The Hall–Kier alpha value is -1.82. The van der Waals surface area contributed by atoms with Crippen LogP contribution < -0.4 is 5.73 Å². The number of aromatic nitrogens is 4. The summed E-state index contributed by atoms with van der Waals surface area (Å²) in [5.74, 6) is 0.552. The van der Waals surface area contributed by atoms with Crippen LogP contribution in [0.3, 0.4) is 0 Å². The standard InChI is InChI=1S/C13H17N5S/c1-4-17-12-11(8(2)16-17)15-13(14)18(12)9(3)10-5-6-19-7-10/h5-7,9H,4H2,1-3H3,(H2,14,15). The van der Waals surface area contributed by atoms with Crippen LogP contribution in [0, 0.1) is 6.92 Å². The van der Waals surface area contributed by atoms with Gasteiger partial charge < -0.3 is 5.73 Å². The number of anilines is 1. The van der Waals surface area contributed by atoms with Gasteiger partial charge in [0.2, 0.25) is 5.95 Å². The molecule has 1 unspecified atom stereocenters. The van der Waals surface area contributed by atoms with Crippen molar-refractivity contribution in [1.82, 2.24) is 19.3 Å². The lowest BCUT2D eigenvalue weighted by Crippen LogP contribution is -2.12. The molecule has 0 aliphatic heterocycles. The summed E-state index contributed by atoms with van der Waals surface area (Å²) >= 11 is 1.69. The van der Waals surface area contributed by atoms with Crippen molar-refractivity contribution in [2.45, 2.75) is 33.4 Å². The minimum absolute atomic E-state index is 0.164. The number of fused-ring (bicyclic) bond motifs is 1. The van der Waals surface area contributed by atoms with Gasteiger partial charge >= 0.3 is 0 Å². The predicted molar refractivity (Wildman–Crippen MR) is 78.5 cm³/mol. The van der Waals surface area contributed by atoms with Gasteiger partial charge in [0, 0.05) is 6.54 Å². The van der Waals surface area contributed by atoms with Gasteiger partial charge in [-0.05, 0) is 43.2 Å². The molecule has 0 aromatic carbocycles. The Morgan fingerprint density at radius 2 is 2.26 bits per heavy atom. The van der Waals surface area contributed by atoms with E-state index in [2.05, 4.69) is 45.3 Å². The van der Waals surface area contributed by atoms with Crippen LogP contribution in [0.25, 0.3) is 11.2 Å². The van der Waals surface area contributed by atoms with E-state index in [-0.39, 0.29) is 6.04 Å². The van der Waals surface area contributed by atoms with Crippen molar-refractivity contribution in [3.05, 3.63) is 28.1 Å². The summed E-state index contributed by atoms with van der Waals surface area (Å²) in [5.41, 5.74) is 10.2. The number of nitrogens with zero attached hydrogens (tertiary/aromatic N) is 4. The van der Waals surface area contributed by atoms with Gasteiger partial charge in [-0.15, -0.1) is 0 Å². The lowest BCUT2D eigenvalue weighted by atomic mass is 10.2. The zero-order valence-corrected chi connectivity index (χ0v) is 12.1.